The summed E-state index contributed by atoms with van der Waals surface area (Å²) in [6.07, 6.45) is 3.42. The Labute approximate surface area is 85.6 Å². The third kappa shape index (κ3) is 3.26. The number of amides is 1. The first-order valence-electron chi connectivity index (χ1n) is 4.31. The lowest BCUT2D eigenvalue weighted by Crippen LogP contribution is -2.15. The molecule has 5 heteroatoms. The molecule has 1 N–H and O–H groups in total. The van der Waals surface area contributed by atoms with Crippen molar-refractivity contribution in [3.05, 3.63) is 22.1 Å². The first-order valence-corrected chi connectivity index (χ1v) is 5.13. The molecule has 1 heterocycles. The van der Waals surface area contributed by atoms with Crippen LogP contribution in [-0.4, -0.2) is 12.1 Å². The molecule has 76 valence electrons. The Balaban J connectivity index is 2.43. The molecule has 1 aromatic rings. The van der Waals surface area contributed by atoms with Gasteiger partial charge in [0.15, 0.2) is 5.13 Å². The molecule has 0 spiro atoms. The Morgan fingerprint density at radius 1 is 1.71 bits per heavy atom. The van der Waals surface area contributed by atoms with Gasteiger partial charge in [-0.25, -0.2) is 5.43 Å². The highest BCUT2D eigenvalue weighted by Crippen LogP contribution is 2.13. The van der Waals surface area contributed by atoms with Crippen molar-refractivity contribution in [3.8, 4) is 0 Å². The van der Waals surface area contributed by atoms with E-state index in [-0.39, 0.29) is 11.0 Å². The van der Waals surface area contributed by atoms with E-state index in [9.17, 15) is 9.18 Å². The van der Waals surface area contributed by atoms with Crippen molar-refractivity contribution in [2.24, 2.45) is 5.10 Å². The zero-order valence-corrected chi connectivity index (χ0v) is 8.60. The maximum atomic E-state index is 12.5. The molecule has 0 aliphatic heterocycles. The standard InChI is InChI=1S/C9H11FN2OS/c1-2-3-6-11-12-9(13)7-4-5-8(10)14-7/h4-6H,2-3H2,1H3,(H,12,13). The Morgan fingerprint density at radius 2 is 2.50 bits per heavy atom. The third-order valence-electron chi connectivity index (χ3n) is 1.47. The van der Waals surface area contributed by atoms with Crippen molar-refractivity contribution < 1.29 is 9.18 Å². The van der Waals surface area contributed by atoms with Crippen LogP contribution >= 0.6 is 11.3 Å². The van der Waals surface area contributed by atoms with Crippen molar-refractivity contribution in [3.63, 3.8) is 0 Å². The van der Waals surface area contributed by atoms with Crippen LogP contribution in [-0.2, 0) is 0 Å². The number of rotatable bonds is 4. The lowest BCUT2D eigenvalue weighted by molar-refractivity contribution is 0.0959. The minimum absolute atomic E-state index is 0.330. The number of thiophene rings is 1. The summed E-state index contributed by atoms with van der Waals surface area (Å²) in [5, 5.41) is 3.34. The number of carbonyl (C=O) groups excluding carboxylic acids is 1. The quantitative estimate of drug-likeness (QED) is 0.607. The average Bonchev–Trinajstić information content (AvgIpc) is 2.59. The lowest BCUT2D eigenvalue weighted by Gasteiger charge is -1.93. The highest BCUT2D eigenvalue weighted by Gasteiger charge is 2.07. The molecule has 0 aliphatic carbocycles. The van der Waals surface area contributed by atoms with E-state index in [4.69, 9.17) is 0 Å². The minimum atomic E-state index is -0.369. The number of halogens is 1. The van der Waals surface area contributed by atoms with E-state index in [1.807, 2.05) is 6.92 Å². The van der Waals surface area contributed by atoms with E-state index in [1.165, 1.54) is 12.1 Å². The van der Waals surface area contributed by atoms with Gasteiger partial charge in [-0.2, -0.15) is 9.49 Å². The summed E-state index contributed by atoms with van der Waals surface area (Å²) in [7, 11) is 0. The van der Waals surface area contributed by atoms with E-state index in [2.05, 4.69) is 10.5 Å². The second kappa shape index (κ2) is 5.49. The van der Waals surface area contributed by atoms with Gasteiger partial charge in [0.25, 0.3) is 5.91 Å². The number of nitrogens with zero attached hydrogens (tertiary/aromatic N) is 1. The molecule has 0 aromatic carbocycles. The zero-order valence-electron chi connectivity index (χ0n) is 7.79. The first-order chi connectivity index (χ1) is 6.74. The van der Waals surface area contributed by atoms with Gasteiger partial charge in [0.2, 0.25) is 0 Å². The number of hydrazone groups is 1. The fourth-order valence-corrected chi connectivity index (χ4v) is 1.41. The van der Waals surface area contributed by atoms with Gasteiger partial charge >= 0.3 is 0 Å². The summed E-state index contributed by atoms with van der Waals surface area (Å²) >= 11 is 0.807. The zero-order chi connectivity index (χ0) is 10.4. The Hall–Kier alpha value is -1.23. The highest BCUT2D eigenvalue weighted by atomic mass is 32.1. The van der Waals surface area contributed by atoms with Gasteiger partial charge < -0.3 is 0 Å². The van der Waals surface area contributed by atoms with Crippen LogP contribution in [0.15, 0.2) is 17.2 Å². The summed E-state index contributed by atoms with van der Waals surface area (Å²) in [5.74, 6) is -0.369. The molecule has 0 saturated heterocycles. The molecule has 0 atom stereocenters. The number of hydrogen-bond acceptors (Lipinski definition) is 3. The maximum absolute atomic E-state index is 12.5. The van der Waals surface area contributed by atoms with Gasteiger partial charge in [-0.1, -0.05) is 13.3 Å². The van der Waals surface area contributed by atoms with Gasteiger partial charge in [0.1, 0.15) is 0 Å². The fourth-order valence-electron chi connectivity index (χ4n) is 0.789. The van der Waals surface area contributed by atoms with Crippen molar-refractivity contribution in [2.45, 2.75) is 19.8 Å². The topological polar surface area (TPSA) is 41.5 Å². The number of hydrogen-bond donors (Lipinski definition) is 1. The molecule has 0 unspecified atom stereocenters. The fraction of sp³-hybridized carbons (Fsp3) is 0.333. The number of nitrogens with one attached hydrogen (secondary N) is 1. The van der Waals surface area contributed by atoms with Crippen LogP contribution in [0.25, 0.3) is 0 Å². The molecular weight excluding hydrogens is 203 g/mol. The van der Waals surface area contributed by atoms with E-state index in [0.717, 1.165) is 24.2 Å². The molecule has 0 saturated carbocycles. The van der Waals surface area contributed by atoms with E-state index < -0.39 is 0 Å². The second-order valence-corrected chi connectivity index (χ2v) is 3.68. The van der Waals surface area contributed by atoms with Crippen molar-refractivity contribution in [2.75, 3.05) is 0 Å². The minimum Gasteiger partial charge on any atom is -0.266 e. The largest absolute Gasteiger partial charge is 0.281 e. The molecule has 14 heavy (non-hydrogen) atoms. The second-order valence-electron chi connectivity index (χ2n) is 2.65. The molecule has 3 nitrogen and oxygen atoms in total. The van der Waals surface area contributed by atoms with Crippen molar-refractivity contribution in [1.29, 1.82) is 0 Å². The van der Waals surface area contributed by atoms with Gasteiger partial charge in [-0.3, -0.25) is 4.79 Å². The third-order valence-corrected chi connectivity index (χ3v) is 2.34. The van der Waals surface area contributed by atoms with Gasteiger partial charge in [0.05, 0.1) is 4.88 Å². The van der Waals surface area contributed by atoms with Gasteiger partial charge in [0, 0.05) is 6.21 Å². The Morgan fingerprint density at radius 3 is 3.07 bits per heavy atom. The molecule has 0 fully saturated rings. The molecule has 1 amide bonds. The molecule has 0 bridgehead atoms. The highest BCUT2D eigenvalue weighted by molar-refractivity contribution is 7.12. The molecule has 0 aliphatic rings. The number of carbonyl (C=O) groups is 1. The normalized spacial score (nSPS) is 10.7. The van der Waals surface area contributed by atoms with Crippen LogP contribution in [0, 0.1) is 5.13 Å². The molecular formula is C9H11FN2OS. The predicted molar refractivity (Wildman–Crippen MR) is 55.1 cm³/mol. The van der Waals surface area contributed by atoms with Crippen LogP contribution in [0.4, 0.5) is 4.39 Å². The molecule has 1 aromatic heterocycles. The monoisotopic (exact) mass is 214 g/mol. The SMILES string of the molecule is CCCC=NNC(=O)c1ccc(F)s1. The van der Waals surface area contributed by atoms with Crippen LogP contribution in [0.3, 0.4) is 0 Å². The summed E-state index contributed by atoms with van der Waals surface area (Å²) in [5.41, 5.74) is 2.32. The van der Waals surface area contributed by atoms with Crippen LogP contribution in [0.1, 0.15) is 29.4 Å². The summed E-state index contributed by atoms with van der Waals surface area (Å²) in [6, 6.07) is 2.69. The van der Waals surface area contributed by atoms with Gasteiger partial charge in [-0.05, 0) is 18.6 Å². The summed E-state index contributed by atoms with van der Waals surface area (Å²) < 4.78 is 12.5. The smallest absolute Gasteiger partial charge is 0.266 e. The summed E-state index contributed by atoms with van der Waals surface area (Å²) in [6.45, 7) is 2.02. The number of unbranched alkanes of at least 4 members (excludes halogenated alkanes) is 1. The van der Waals surface area contributed by atoms with Crippen LogP contribution in [0.2, 0.25) is 0 Å². The predicted octanol–water partition coefficient (Wildman–Crippen LogP) is 2.40. The Bertz CT molecular complexity index is 335. The van der Waals surface area contributed by atoms with E-state index in [1.54, 1.807) is 6.21 Å². The van der Waals surface area contributed by atoms with Crippen molar-refractivity contribution >= 4 is 23.5 Å². The van der Waals surface area contributed by atoms with E-state index in [0.29, 0.717) is 4.88 Å². The first kappa shape index (κ1) is 10.8. The lowest BCUT2D eigenvalue weighted by atomic mass is 10.4. The van der Waals surface area contributed by atoms with Crippen LogP contribution in [0.5, 0.6) is 0 Å². The molecule has 1 rings (SSSR count). The summed E-state index contributed by atoms with van der Waals surface area (Å²) in [4.78, 5) is 11.6. The molecule has 0 radical (unpaired) electrons. The Kier molecular flexibility index (Phi) is 4.25. The van der Waals surface area contributed by atoms with Crippen LogP contribution < -0.4 is 5.43 Å². The van der Waals surface area contributed by atoms with Gasteiger partial charge in [-0.15, -0.1) is 11.3 Å². The maximum Gasteiger partial charge on any atom is 0.281 e. The van der Waals surface area contributed by atoms with Crippen molar-refractivity contribution in [1.82, 2.24) is 5.43 Å². The average molecular weight is 214 g/mol. The van der Waals surface area contributed by atoms with E-state index >= 15 is 0 Å².